The summed E-state index contributed by atoms with van der Waals surface area (Å²) in [6.45, 7) is 9.08. The first-order chi connectivity index (χ1) is 9.45. The van der Waals surface area contributed by atoms with Gasteiger partial charge in [0, 0.05) is 19.6 Å². The average molecular weight is 305 g/mol. The molecule has 0 atom stereocenters. The largest absolute Gasteiger partial charge is 0.330 e. The molecule has 0 spiro atoms. The summed E-state index contributed by atoms with van der Waals surface area (Å²) in [5, 5.41) is 0. The Balaban J connectivity index is 2.42. The maximum absolute atomic E-state index is 12.3. The fourth-order valence-electron chi connectivity index (χ4n) is 2.44. The second-order valence-electron chi connectivity index (χ2n) is 6.09. The van der Waals surface area contributed by atoms with Gasteiger partial charge in [0.05, 0.1) is 5.75 Å². The average Bonchev–Trinajstić information content (AvgIpc) is 2.63. The highest BCUT2D eigenvalue weighted by Crippen LogP contribution is 2.12. The monoisotopic (exact) mass is 305 g/mol. The first-order valence-electron chi connectivity index (χ1n) is 7.86. The minimum atomic E-state index is -3.06. The zero-order chi connectivity index (χ0) is 15.0. The van der Waals surface area contributed by atoms with E-state index in [0.717, 1.165) is 51.9 Å². The van der Waals surface area contributed by atoms with Crippen LogP contribution in [0.15, 0.2) is 0 Å². The summed E-state index contributed by atoms with van der Waals surface area (Å²) in [6.07, 6.45) is 3.84. The molecule has 1 aliphatic rings. The normalized spacial score (nSPS) is 19.4. The van der Waals surface area contributed by atoms with Crippen LogP contribution in [0, 0.1) is 5.92 Å². The maximum Gasteiger partial charge on any atom is 0.214 e. The molecule has 1 rings (SSSR count). The molecule has 0 aromatic heterocycles. The smallest absolute Gasteiger partial charge is 0.214 e. The Kier molecular flexibility index (Phi) is 8.02. The van der Waals surface area contributed by atoms with Crippen LogP contribution in [-0.4, -0.2) is 62.6 Å². The minimum absolute atomic E-state index is 0.290. The van der Waals surface area contributed by atoms with Crippen LogP contribution in [0.3, 0.4) is 0 Å². The summed E-state index contributed by atoms with van der Waals surface area (Å²) >= 11 is 0. The molecule has 0 radical (unpaired) electrons. The van der Waals surface area contributed by atoms with Gasteiger partial charge in [0.2, 0.25) is 10.0 Å². The van der Waals surface area contributed by atoms with Crippen molar-refractivity contribution in [2.24, 2.45) is 11.7 Å². The van der Waals surface area contributed by atoms with Crippen LogP contribution >= 0.6 is 0 Å². The number of hydrogen-bond donors (Lipinski definition) is 1. The van der Waals surface area contributed by atoms with Gasteiger partial charge < -0.3 is 10.6 Å². The number of unbranched alkanes of at least 4 members (excludes halogenated alkanes) is 1. The molecule has 0 amide bonds. The van der Waals surface area contributed by atoms with Crippen LogP contribution in [0.5, 0.6) is 0 Å². The van der Waals surface area contributed by atoms with E-state index in [1.807, 2.05) is 0 Å². The molecule has 5 nitrogen and oxygen atoms in total. The molecule has 6 heteroatoms. The van der Waals surface area contributed by atoms with Gasteiger partial charge in [-0.05, 0) is 51.2 Å². The number of sulfonamides is 1. The second-order valence-corrected chi connectivity index (χ2v) is 8.18. The van der Waals surface area contributed by atoms with Crippen molar-refractivity contribution in [3.05, 3.63) is 0 Å². The Morgan fingerprint density at radius 1 is 1.10 bits per heavy atom. The van der Waals surface area contributed by atoms with Crippen molar-refractivity contribution < 1.29 is 8.42 Å². The van der Waals surface area contributed by atoms with Crippen LogP contribution in [-0.2, 0) is 10.0 Å². The SMILES string of the molecule is CC(C)CCS(=O)(=O)N1CCCN(CCCCN)CC1. The predicted molar refractivity (Wildman–Crippen MR) is 84.2 cm³/mol. The molecule has 1 aliphatic heterocycles. The van der Waals surface area contributed by atoms with Crippen LogP contribution in [0.1, 0.15) is 39.5 Å². The molecule has 0 aliphatic carbocycles. The fourth-order valence-corrected chi connectivity index (χ4v) is 4.24. The lowest BCUT2D eigenvalue weighted by atomic mass is 10.2. The van der Waals surface area contributed by atoms with E-state index < -0.39 is 10.0 Å². The molecule has 1 saturated heterocycles. The molecule has 0 bridgehead atoms. The van der Waals surface area contributed by atoms with Gasteiger partial charge in [-0.2, -0.15) is 0 Å². The Morgan fingerprint density at radius 3 is 2.50 bits per heavy atom. The van der Waals surface area contributed by atoms with Gasteiger partial charge in [-0.3, -0.25) is 0 Å². The lowest BCUT2D eigenvalue weighted by Crippen LogP contribution is -2.37. The first kappa shape index (κ1) is 17.9. The topological polar surface area (TPSA) is 66.6 Å². The summed E-state index contributed by atoms with van der Waals surface area (Å²) < 4.78 is 26.3. The lowest BCUT2D eigenvalue weighted by Gasteiger charge is -2.22. The molecule has 2 N–H and O–H groups in total. The van der Waals surface area contributed by atoms with Crippen molar-refractivity contribution in [1.82, 2.24) is 9.21 Å². The van der Waals surface area contributed by atoms with Crippen molar-refractivity contribution in [3.63, 3.8) is 0 Å². The van der Waals surface area contributed by atoms with Crippen molar-refractivity contribution in [2.45, 2.75) is 39.5 Å². The van der Waals surface area contributed by atoms with Gasteiger partial charge in [-0.1, -0.05) is 13.8 Å². The third-order valence-corrected chi connectivity index (χ3v) is 5.73. The van der Waals surface area contributed by atoms with E-state index in [4.69, 9.17) is 5.73 Å². The van der Waals surface area contributed by atoms with Crippen LogP contribution in [0.25, 0.3) is 0 Å². The molecule has 0 aromatic carbocycles. The van der Waals surface area contributed by atoms with E-state index >= 15 is 0 Å². The van der Waals surface area contributed by atoms with Gasteiger partial charge in [-0.15, -0.1) is 0 Å². The summed E-state index contributed by atoms with van der Waals surface area (Å²) in [4.78, 5) is 2.37. The minimum Gasteiger partial charge on any atom is -0.330 e. The number of rotatable bonds is 8. The fraction of sp³-hybridized carbons (Fsp3) is 1.00. The summed E-state index contributed by atoms with van der Waals surface area (Å²) in [7, 11) is -3.06. The lowest BCUT2D eigenvalue weighted by molar-refractivity contribution is 0.281. The van der Waals surface area contributed by atoms with Gasteiger partial charge in [0.15, 0.2) is 0 Å². The molecular formula is C14H31N3O2S. The van der Waals surface area contributed by atoms with E-state index in [-0.39, 0.29) is 5.75 Å². The van der Waals surface area contributed by atoms with Gasteiger partial charge in [0.25, 0.3) is 0 Å². The molecule has 1 fully saturated rings. The molecule has 0 unspecified atom stereocenters. The van der Waals surface area contributed by atoms with E-state index in [2.05, 4.69) is 18.7 Å². The third-order valence-electron chi connectivity index (χ3n) is 3.82. The van der Waals surface area contributed by atoms with E-state index in [1.54, 1.807) is 4.31 Å². The van der Waals surface area contributed by atoms with Crippen molar-refractivity contribution in [3.8, 4) is 0 Å². The van der Waals surface area contributed by atoms with E-state index in [1.165, 1.54) is 0 Å². The second kappa shape index (κ2) is 8.97. The van der Waals surface area contributed by atoms with Gasteiger partial charge >= 0.3 is 0 Å². The number of nitrogens with zero attached hydrogens (tertiary/aromatic N) is 2. The Morgan fingerprint density at radius 2 is 1.85 bits per heavy atom. The summed E-state index contributed by atoms with van der Waals surface area (Å²) in [6, 6.07) is 0. The zero-order valence-electron chi connectivity index (χ0n) is 13.1. The highest BCUT2D eigenvalue weighted by molar-refractivity contribution is 7.89. The van der Waals surface area contributed by atoms with Crippen molar-refractivity contribution >= 4 is 10.0 Å². The zero-order valence-corrected chi connectivity index (χ0v) is 13.9. The standard InChI is InChI=1S/C14H31N3O2S/c1-14(2)6-13-20(18,19)17-10-5-9-16(11-12-17)8-4-3-7-15/h14H,3-13,15H2,1-2H3. The van der Waals surface area contributed by atoms with Gasteiger partial charge in [0.1, 0.15) is 0 Å². The third kappa shape index (κ3) is 6.52. The van der Waals surface area contributed by atoms with Crippen LogP contribution < -0.4 is 5.73 Å². The van der Waals surface area contributed by atoms with Gasteiger partial charge in [-0.25, -0.2) is 12.7 Å². The molecular weight excluding hydrogens is 274 g/mol. The quantitative estimate of drug-likeness (QED) is 0.682. The van der Waals surface area contributed by atoms with E-state index in [9.17, 15) is 8.42 Å². The van der Waals surface area contributed by atoms with E-state index in [0.29, 0.717) is 19.0 Å². The molecule has 0 aromatic rings. The summed E-state index contributed by atoms with van der Waals surface area (Å²) in [5.74, 6) is 0.724. The molecule has 120 valence electrons. The summed E-state index contributed by atoms with van der Waals surface area (Å²) in [5.41, 5.74) is 5.51. The number of hydrogen-bond acceptors (Lipinski definition) is 4. The molecule has 1 heterocycles. The molecule has 0 saturated carbocycles. The van der Waals surface area contributed by atoms with Crippen LogP contribution in [0.2, 0.25) is 0 Å². The Bertz CT molecular complexity index is 357. The predicted octanol–water partition coefficient (Wildman–Crippen LogP) is 1.11. The molecule has 20 heavy (non-hydrogen) atoms. The maximum atomic E-state index is 12.3. The highest BCUT2D eigenvalue weighted by Gasteiger charge is 2.24. The first-order valence-corrected chi connectivity index (χ1v) is 9.47. The Hall–Kier alpha value is -0.170. The van der Waals surface area contributed by atoms with Crippen LogP contribution in [0.4, 0.5) is 0 Å². The van der Waals surface area contributed by atoms with Crippen molar-refractivity contribution in [2.75, 3.05) is 45.0 Å². The highest BCUT2D eigenvalue weighted by atomic mass is 32.2. The van der Waals surface area contributed by atoms with Crippen molar-refractivity contribution in [1.29, 1.82) is 0 Å². The number of nitrogens with two attached hydrogens (primary N) is 1. The Labute approximate surface area is 124 Å².